The number of carbonyl (C=O) groups excluding carboxylic acids is 1. The lowest BCUT2D eigenvalue weighted by Crippen LogP contribution is -2.63. The molecule has 0 radical (unpaired) electrons. The smallest absolute Gasteiger partial charge is 0.305 e. The largest absolute Gasteiger partial charge is 0.463 e. The van der Waals surface area contributed by atoms with Crippen molar-refractivity contribution in [2.75, 3.05) is 13.2 Å². The average Bonchev–Trinajstić information content (AvgIpc) is 2.78. The first-order chi connectivity index (χ1) is 15.2. The highest BCUT2D eigenvalue weighted by molar-refractivity contribution is 5.69. The van der Waals surface area contributed by atoms with Gasteiger partial charge >= 0.3 is 5.97 Å². The summed E-state index contributed by atoms with van der Waals surface area (Å²) in [6, 6.07) is 0. The third-order valence-corrected chi connectivity index (χ3v) is 5.40. The molecule has 7 N–H and O–H groups in total. The minimum Gasteiger partial charge on any atom is -0.463 e. The molecule has 2 fully saturated rings. The highest BCUT2D eigenvalue weighted by atomic mass is 16.8. The van der Waals surface area contributed by atoms with Gasteiger partial charge in [0.25, 0.3) is 0 Å². The number of aliphatic hydroxyl groups excluding tert-OH is 7. The summed E-state index contributed by atoms with van der Waals surface area (Å²) >= 11 is 0. The molecule has 0 aromatic carbocycles. The van der Waals surface area contributed by atoms with Gasteiger partial charge in [-0.2, -0.15) is 0 Å². The van der Waals surface area contributed by atoms with Gasteiger partial charge in [0.15, 0.2) is 12.6 Å². The third-order valence-electron chi connectivity index (χ3n) is 5.40. The van der Waals surface area contributed by atoms with Crippen molar-refractivity contribution in [3.05, 3.63) is 0 Å². The molecule has 2 heterocycles. The Hall–Kier alpha value is -1.37. The Morgan fingerprint density at radius 1 is 0.812 bits per heavy atom. The molecule has 0 amide bonds. The second kappa shape index (κ2) is 12.8. The molecule has 2 aliphatic rings. The number of rotatable bonds is 10. The van der Waals surface area contributed by atoms with Gasteiger partial charge in [-0.15, -0.1) is 12.3 Å². The molecule has 2 aliphatic heterocycles. The van der Waals surface area contributed by atoms with Crippen LogP contribution in [0.1, 0.15) is 32.1 Å². The number of hydrogen-bond acceptors (Lipinski definition) is 12. The third kappa shape index (κ3) is 6.82. The van der Waals surface area contributed by atoms with Crippen LogP contribution in [0.4, 0.5) is 0 Å². The predicted molar refractivity (Wildman–Crippen MR) is 104 cm³/mol. The van der Waals surface area contributed by atoms with Crippen LogP contribution in [0.15, 0.2) is 0 Å². The zero-order valence-electron chi connectivity index (χ0n) is 17.5. The maximum Gasteiger partial charge on any atom is 0.305 e. The SMILES string of the molecule is C#CCCCCCC(=O)OC[C@H]1O[C@H](O[C@H]2O[C@H](CO)[C@@H](O)[C@H](O)[C@H]2O)[C@H](O)[C@@H](O)[C@@H]1O. The van der Waals surface area contributed by atoms with Crippen molar-refractivity contribution in [2.24, 2.45) is 0 Å². The maximum atomic E-state index is 11.9. The van der Waals surface area contributed by atoms with Crippen molar-refractivity contribution in [3.63, 3.8) is 0 Å². The first-order valence-corrected chi connectivity index (χ1v) is 10.5. The topological polar surface area (TPSA) is 196 Å². The van der Waals surface area contributed by atoms with Crippen molar-refractivity contribution >= 4 is 5.97 Å². The fraction of sp³-hybridized carbons (Fsp3) is 0.850. The van der Waals surface area contributed by atoms with Crippen molar-refractivity contribution in [1.82, 2.24) is 0 Å². The van der Waals surface area contributed by atoms with Gasteiger partial charge in [-0.3, -0.25) is 4.79 Å². The minimum atomic E-state index is -1.78. The molecule has 0 saturated carbocycles. The van der Waals surface area contributed by atoms with Gasteiger partial charge < -0.3 is 54.7 Å². The lowest BCUT2D eigenvalue weighted by molar-refractivity contribution is -0.376. The zero-order valence-corrected chi connectivity index (χ0v) is 17.5. The number of aliphatic hydroxyl groups is 7. The van der Waals surface area contributed by atoms with Crippen molar-refractivity contribution < 1.29 is 59.5 Å². The number of esters is 1. The van der Waals surface area contributed by atoms with Crippen LogP contribution < -0.4 is 0 Å². The van der Waals surface area contributed by atoms with Gasteiger partial charge in [-0.1, -0.05) is 6.42 Å². The molecule has 12 nitrogen and oxygen atoms in total. The van der Waals surface area contributed by atoms with Crippen LogP contribution in [0.5, 0.6) is 0 Å². The molecule has 2 saturated heterocycles. The van der Waals surface area contributed by atoms with E-state index in [1.807, 2.05) is 0 Å². The molecule has 0 spiro atoms. The van der Waals surface area contributed by atoms with Crippen LogP contribution in [-0.4, -0.2) is 116 Å². The van der Waals surface area contributed by atoms with Gasteiger partial charge in [0, 0.05) is 12.8 Å². The molecule has 2 rings (SSSR count). The van der Waals surface area contributed by atoms with E-state index in [2.05, 4.69) is 5.92 Å². The molecular formula is C20H32O12. The summed E-state index contributed by atoms with van der Waals surface area (Å²) in [5.41, 5.74) is 0. The van der Waals surface area contributed by atoms with E-state index >= 15 is 0 Å². The number of terminal acetylenes is 1. The fourth-order valence-electron chi connectivity index (χ4n) is 3.40. The molecule has 12 heteroatoms. The molecule has 0 aromatic rings. The Balaban J connectivity index is 1.91. The Labute approximate surface area is 185 Å². The van der Waals surface area contributed by atoms with Gasteiger partial charge in [0.2, 0.25) is 0 Å². The fourth-order valence-corrected chi connectivity index (χ4v) is 3.40. The molecule has 184 valence electrons. The summed E-state index contributed by atoms with van der Waals surface area (Å²) in [6.07, 6.45) is -8.04. The summed E-state index contributed by atoms with van der Waals surface area (Å²) in [4.78, 5) is 11.9. The first-order valence-electron chi connectivity index (χ1n) is 10.5. The Morgan fingerprint density at radius 3 is 1.94 bits per heavy atom. The van der Waals surface area contributed by atoms with E-state index in [0.717, 1.165) is 12.8 Å². The van der Waals surface area contributed by atoms with E-state index in [-0.39, 0.29) is 6.42 Å². The lowest BCUT2D eigenvalue weighted by Gasteiger charge is -2.44. The molecule has 0 unspecified atom stereocenters. The molecule has 0 aliphatic carbocycles. The van der Waals surface area contributed by atoms with Crippen LogP contribution >= 0.6 is 0 Å². The van der Waals surface area contributed by atoms with Gasteiger partial charge in [-0.25, -0.2) is 0 Å². The average molecular weight is 464 g/mol. The molecular weight excluding hydrogens is 432 g/mol. The zero-order chi connectivity index (χ0) is 23.8. The van der Waals surface area contributed by atoms with Gasteiger partial charge in [-0.05, 0) is 12.8 Å². The highest BCUT2D eigenvalue weighted by Gasteiger charge is 2.49. The van der Waals surface area contributed by atoms with E-state index in [4.69, 9.17) is 25.4 Å². The van der Waals surface area contributed by atoms with E-state index < -0.39 is 80.6 Å². The number of carbonyl (C=O) groups is 1. The van der Waals surface area contributed by atoms with Crippen molar-refractivity contribution in [2.45, 2.75) is 93.5 Å². The van der Waals surface area contributed by atoms with E-state index in [0.29, 0.717) is 12.8 Å². The predicted octanol–water partition coefficient (Wildman–Crippen LogP) is -3.26. The quantitative estimate of drug-likeness (QED) is 0.0970. The normalized spacial score (nSPS) is 39.9. The van der Waals surface area contributed by atoms with Crippen LogP contribution in [0.2, 0.25) is 0 Å². The highest BCUT2D eigenvalue weighted by Crippen LogP contribution is 2.28. The Bertz CT molecular complexity index is 622. The second-order valence-electron chi connectivity index (χ2n) is 7.80. The van der Waals surface area contributed by atoms with Gasteiger partial charge in [0.05, 0.1) is 6.61 Å². The summed E-state index contributed by atoms with van der Waals surface area (Å²) < 4.78 is 21.0. The molecule has 10 atom stereocenters. The molecule has 32 heavy (non-hydrogen) atoms. The lowest BCUT2D eigenvalue weighted by atomic mass is 9.98. The second-order valence-corrected chi connectivity index (χ2v) is 7.80. The summed E-state index contributed by atoms with van der Waals surface area (Å²) in [7, 11) is 0. The van der Waals surface area contributed by atoms with Crippen molar-refractivity contribution in [3.8, 4) is 12.3 Å². The summed E-state index contributed by atoms with van der Waals surface area (Å²) in [5, 5.41) is 69.4. The molecule has 0 bridgehead atoms. The number of unbranched alkanes of at least 4 members (excludes halogenated alkanes) is 3. The first kappa shape index (κ1) is 26.9. The van der Waals surface area contributed by atoms with Crippen LogP contribution in [-0.2, 0) is 23.7 Å². The minimum absolute atomic E-state index is 0.128. The van der Waals surface area contributed by atoms with E-state index in [9.17, 15) is 40.5 Å². The summed E-state index contributed by atoms with van der Waals surface area (Å²) in [6.45, 7) is -1.13. The van der Waals surface area contributed by atoms with E-state index in [1.165, 1.54) is 0 Å². The maximum absolute atomic E-state index is 11.9. The molecule has 0 aromatic heterocycles. The Morgan fingerprint density at radius 2 is 1.38 bits per heavy atom. The number of ether oxygens (including phenoxy) is 4. The summed E-state index contributed by atoms with van der Waals surface area (Å²) in [5.74, 6) is 1.96. The van der Waals surface area contributed by atoms with Gasteiger partial charge in [0.1, 0.15) is 55.4 Å². The van der Waals surface area contributed by atoms with E-state index in [1.54, 1.807) is 0 Å². The van der Waals surface area contributed by atoms with Crippen LogP contribution in [0.25, 0.3) is 0 Å². The van der Waals surface area contributed by atoms with Crippen LogP contribution in [0.3, 0.4) is 0 Å². The van der Waals surface area contributed by atoms with Crippen molar-refractivity contribution in [1.29, 1.82) is 0 Å². The monoisotopic (exact) mass is 464 g/mol. The van der Waals surface area contributed by atoms with Crippen LogP contribution in [0, 0.1) is 12.3 Å². The number of hydrogen-bond donors (Lipinski definition) is 7. The standard InChI is InChI=1S/C20H32O12/c1-2-3-4-5-6-7-12(22)29-9-11-14(24)16(26)18(28)20(31-11)32-19-17(27)15(25)13(23)10(8-21)30-19/h1,10-11,13-21,23-28H,3-9H2/t10-,11-,13-,14-,15+,16+,17-,18-,19-,20-/m1/s1. The Kier molecular flexibility index (Phi) is 10.7.